The first-order valence-corrected chi connectivity index (χ1v) is 29.8. The van der Waals surface area contributed by atoms with Crippen LogP contribution in [0.2, 0.25) is 48.4 Å². The fourth-order valence-electron chi connectivity index (χ4n) is 6.43. The molecule has 0 radical (unpaired) electrons. The summed E-state index contributed by atoms with van der Waals surface area (Å²) in [6.07, 6.45) is 0. The Morgan fingerprint density at radius 3 is 0.429 bits per heavy atom. The zero-order chi connectivity index (χ0) is 37.1. The summed E-state index contributed by atoms with van der Waals surface area (Å²) in [5.74, 6) is 0. The largest absolute Gasteiger partial charge is 0.500 e. The van der Waals surface area contributed by atoms with Gasteiger partial charge in [-0.1, -0.05) is 24.2 Å². The van der Waals surface area contributed by atoms with Gasteiger partial charge in [-0.25, -0.2) is 0 Å². The Balaban J connectivity index is 7.38. The van der Waals surface area contributed by atoms with Crippen molar-refractivity contribution < 1.29 is 53.1 Å². The van der Waals surface area contributed by atoms with Gasteiger partial charge in [-0.05, 0) is 83.1 Å². The van der Waals surface area contributed by atoms with E-state index >= 15 is 0 Å². The molecule has 296 valence electrons. The SMILES string of the molecule is CCO[Si](CC[Si](CC[Si](OCC)(OCC)OCC)(CC[Si](OCC)(OCC)OCC)CC[Si](OCC)(OCC)OCC)(OCC)OCC. The van der Waals surface area contributed by atoms with Gasteiger partial charge in [-0.3, -0.25) is 0 Å². The van der Waals surface area contributed by atoms with E-state index in [9.17, 15) is 0 Å². The van der Waals surface area contributed by atoms with Gasteiger partial charge in [-0.2, -0.15) is 0 Å². The summed E-state index contributed by atoms with van der Waals surface area (Å²) in [5, 5.41) is 0. The monoisotopic (exact) mass is 792 g/mol. The van der Waals surface area contributed by atoms with Crippen molar-refractivity contribution in [2.24, 2.45) is 0 Å². The summed E-state index contributed by atoms with van der Waals surface area (Å²) in [6.45, 7) is 30.4. The second-order valence-corrected chi connectivity index (χ2v) is 27.4. The molecule has 0 spiro atoms. The second kappa shape index (κ2) is 28.1. The Kier molecular flexibility index (Phi) is 28.5. The van der Waals surface area contributed by atoms with E-state index in [0.29, 0.717) is 103 Å². The molecule has 0 aliphatic rings. The van der Waals surface area contributed by atoms with E-state index in [4.69, 9.17) is 53.1 Å². The third-order valence-electron chi connectivity index (χ3n) is 8.22. The van der Waals surface area contributed by atoms with E-state index in [2.05, 4.69) is 0 Å². The van der Waals surface area contributed by atoms with Crippen LogP contribution in [0.25, 0.3) is 0 Å². The summed E-state index contributed by atoms with van der Waals surface area (Å²) in [4.78, 5) is 0. The molecule has 0 aliphatic heterocycles. The average Bonchev–Trinajstić information content (AvgIpc) is 3.06. The molecule has 0 aromatic carbocycles. The van der Waals surface area contributed by atoms with Crippen LogP contribution in [0, 0.1) is 0 Å². The van der Waals surface area contributed by atoms with E-state index in [-0.39, 0.29) is 0 Å². The minimum Gasteiger partial charge on any atom is -0.374 e. The zero-order valence-electron chi connectivity index (χ0n) is 33.5. The molecule has 0 saturated carbocycles. The first-order chi connectivity index (χ1) is 23.6. The molecule has 0 amide bonds. The van der Waals surface area contributed by atoms with Gasteiger partial charge >= 0.3 is 35.2 Å². The molecule has 0 aromatic rings. The van der Waals surface area contributed by atoms with Crippen molar-refractivity contribution in [3.63, 3.8) is 0 Å². The second-order valence-electron chi connectivity index (χ2n) is 11.4. The molecule has 0 N–H and O–H groups in total. The highest BCUT2D eigenvalue weighted by molar-refractivity contribution is 6.84. The first-order valence-electron chi connectivity index (χ1n) is 19.2. The van der Waals surface area contributed by atoms with Gasteiger partial charge in [0.15, 0.2) is 0 Å². The maximum Gasteiger partial charge on any atom is 0.500 e. The summed E-state index contributed by atoms with van der Waals surface area (Å²) in [5.41, 5.74) is 0. The molecule has 0 unspecified atom stereocenters. The van der Waals surface area contributed by atoms with Crippen LogP contribution < -0.4 is 0 Å². The number of rotatable bonds is 36. The van der Waals surface area contributed by atoms with Gasteiger partial charge in [0.25, 0.3) is 0 Å². The lowest BCUT2D eigenvalue weighted by molar-refractivity contribution is 0.0722. The highest BCUT2D eigenvalue weighted by atomic mass is 28.4. The molecule has 0 fully saturated rings. The van der Waals surface area contributed by atoms with Gasteiger partial charge in [0.2, 0.25) is 0 Å². The first kappa shape index (κ1) is 49.6. The van der Waals surface area contributed by atoms with E-state index in [1.807, 2.05) is 83.1 Å². The summed E-state index contributed by atoms with van der Waals surface area (Å²) in [7, 11) is -14.3. The molecule has 0 bridgehead atoms. The van der Waals surface area contributed by atoms with E-state index in [1.165, 1.54) is 0 Å². The van der Waals surface area contributed by atoms with Gasteiger partial charge in [0.1, 0.15) is 0 Å². The van der Waals surface area contributed by atoms with E-state index in [0.717, 1.165) is 24.2 Å². The predicted octanol–water partition coefficient (Wildman–Crippen LogP) is 7.63. The smallest absolute Gasteiger partial charge is 0.374 e. The fourth-order valence-corrected chi connectivity index (χ4v) is 29.3. The highest BCUT2D eigenvalue weighted by Gasteiger charge is 2.52. The van der Waals surface area contributed by atoms with Crippen LogP contribution in [0.3, 0.4) is 0 Å². The summed E-state index contributed by atoms with van der Waals surface area (Å²) < 4.78 is 76.9. The van der Waals surface area contributed by atoms with Crippen LogP contribution in [-0.2, 0) is 53.1 Å². The molecule has 0 atom stereocenters. The lowest BCUT2D eigenvalue weighted by Gasteiger charge is -2.40. The van der Waals surface area contributed by atoms with Crippen LogP contribution in [0.1, 0.15) is 83.1 Å². The Labute approximate surface area is 306 Å². The topological polar surface area (TPSA) is 111 Å². The van der Waals surface area contributed by atoms with Crippen molar-refractivity contribution in [2.45, 2.75) is 131 Å². The minimum absolute atomic E-state index is 0.528. The van der Waals surface area contributed by atoms with Crippen molar-refractivity contribution in [3.05, 3.63) is 0 Å². The normalized spacial score (nSPS) is 13.5. The van der Waals surface area contributed by atoms with Crippen molar-refractivity contribution in [1.29, 1.82) is 0 Å². The van der Waals surface area contributed by atoms with Crippen molar-refractivity contribution >= 4 is 43.3 Å². The zero-order valence-corrected chi connectivity index (χ0v) is 38.5. The molecule has 0 aromatic heterocycles. The van der Waals surface area contributed by atoms with Crippen LogP contribution >= 0.6 is 0 Å². The molecule has 0 heterocycles. The van der Waals surface area contributed by atoms with Crippen LogP contribution in [0.4, 0.5) is 0 Å². The van der Waals surface area contributed by atoms with Crippen molar-refractivity contribution in [1.82, 2.24) is 0 Å². The molecule has 12 nitrogen and oxygen atoms in total. The fraction of sp³-hybridized carbons (Fsp3) is 1.00. The van der Waals surface area contributed by atoms with Crippen molar-refractivity contribution in [2.75, 3.05) is 79.3 Å². The third kappa shape index (κ3) is 18.0. The van der Waals surface area contributed by atoms with E-state index < -0.39 is 43.3 Å². The van der Waals surface area contributed by atoms with Crippen LogP contribution in [0.5, 0.6) is 0 Å². The summed E-state index contributed by atoms with van der Waals surface area (Å²) >= 11 is 0. The molecular weight excluding hydrogens is 717 g/mol. The summed E-state index contributed by atoms with van der Waals surface area (Å²) in [6, 6.07) is 6.44. The standard InChI is InChI=1S/C32H76O12Si5/c1-13-33-46(34-14-2,35-15-3)29-25-45(26-30-47(36-16-4,37-17-5)38-18-6,27-31-48(39-19-7,40-20-8)41-21-9)28-32-49(42-22-10,43-23-11)44-24-12/h13-32H2,1-12H3. The predicted molar refractivity (Wildman–Crippen MR) is 207 cm³/mol. The minimum atomic E-state index is -2.98. The van der Waals surface area contributed by atoms with Gasteiger partial charge < -0.3 is 53.1 Å². The highest BCUT2D eigenvalue weighted by Crippen LogP contribution is 2.41. The molecular formula is C32H76O12Si5. The molecule has 0 rings (SSSR count). The molecule has 0 aliphatic carbocycles. The Hall–Kier alpha value is 0.604. The third-order valence-corrected chi connectivity index (χ3v) is 27.7. The number of hydrogen-bond acceptors (Lipinski definition) is 12. The molecule has 0 saturated heterocycles. The Morgan fingerprint density at radius 1 is 0.204 bits per heavy atom. The number of hydrogen-bond donors (Lipinski definition) is 0. The van der Waals surface area contributed by atoms with Gasteiger partial charge in [-0.15, -0.1) is 0 Å². The lowest BCUT2D eigenvalue weighted by Crippen LogP contribution is -2.53. The lowest BCUT2D eigenvalue weighted by atomic mass is 10.9. The van der Waals surface area contributed by atoms with E-state index in [1.54, 1.807) is 0 Å². The molecule has 17 heteroatoms. The Bertz CT molecular complexity index is 595. The average molecular weight is 793 g/mol. The van der Waals surface area contributed by atoms with Crippen molar-refractivity contribution in [3.8, 4) is 0 Å². The quantitative estimate of drug-likeness (QED) is 0.0582. The maximum atomic E-state index is 6.41. The molecule has 49 heavy (non-hydrogen) atoms. The van der Waals surface area contributed by atoms with Gasteiger partial charge in [0.05, 0.1) is 8.07 Å². The van der Waals surface area contributed by atoms with Crippen LogP contribution in [-0.4, -0.2) is 123 Å². The van der Waals surface area contributed by atoms with Crippen LogP contribution in [0.15, 0.2) is 0 Å². The Morgan fingerprint density at radius 2 is 0.327 bits per heavy atom. The van der Waals surface area contributed by atoms with Gasteiger partial charge in [0, 0.05) is 103 Å². The maximum absolute atomic E-state index is 6.41.